The molecule has 66 heavy (non-hydrogen) atoms. The van der Waals surface area contributed by atoms with Crippen molar-refractivity contribution in [2.24, 2.45) is 36.6 Å². The number of aliphatic hydroxyl groups is 2. The van der Waals surface area contributed by atoms with Crippen LogP contribution >= 0.6 is 0 Å². The van der Waals surface area contributed by atoms with Crippen LogP contribution in [0.25, 0.3) is 10.9 Å². The van der Waals surface area contributed by atoms with E-state index in [9.17, 15) is 29.4 Å². The van der Waals surface area contributed by atoms with Crippen LogP contribution in [-0.2, 0) is 49.9 Å². The average Bonchev–Trinajstić information content (AvgIpc) is 3.69. The number of esters is 1. The molecule has 2 N–H and O–H groups in total. The number of benzene rings is 1. The third-order valence-corrected chi connectivity index (χ3v) is 15.2. The molecule has 0 spiro atoms. The molecule has 2 saturated heterocycles. The molecule has 0 radical (unpaired) electrons. The summed E-state index contributed by atoms with van der Waals surface area (Å²) in [4.78, 5) is 58.5. The summed E-state index contributed by atoms with van der Waals surface area (Å²) in [5, 5.41) is 24.8. The van der Waals surface area contributed by atoms with E-state index in [-0.39, 0.29) is 62.1 Å². The number of aromatic nitrogens is 1. The highest BCUT2D eigenvalue weighted by molar-refractivity contribution is 6.39. The van der Waals surface area contributed by atoms with E-state index in [1.54, 1.807) is 14.0 Å². The summed E-state index contributed by atoms with van der Waals surface area (Å²) in [7, 11) is 6.71. The Morgan fingerprint density at radius 3 is 2.30 bits per heavy atom. The second-order valence-electron chi connectivity index (χ2n) is 19.8. The molecule has 1 amide bonds. The van der Waals surface area contributed by atoms with E-state index in [1.165, 1.54) is 19.1 Å². The Morgan fingerprint density at radius 1 is 0.894 bits per heavy atom. The minimum Gasteiger partial charge on any atom is -0.488 e. The highest BCUT2D eigenvalue weighted by atomic mass is 16.7. The first kappa shape index (κ1) is 51.5. The fourth-order valence-electron chi connectivity index (χ4n) is 10.9. The minimum atomic E-state index is -2.54. The number of ether oxygens (including phenoxy) is 6. The summed E-state index contributed by atoms with van der Waals surface area (Å²) >= 11 is 0. The van der Waals surface area contributed by atoms with Crippen molar-refractivity contribution in [1.29, 1.82) is 0 Å². The second kappa shape index (κ2) is 22.5. The number of carbonyl (C=O) groups excluding carboxylic acids is 4. The number of methoxy groups -OCH3 is 3. The standard InChI is InChI=1S/C52H76N2O12/c1-11-36-25-31(3)46(56)32(4)26-44(62-9)48-45(63-10)27-34(6)52(60,66-48)49(57)50(58)54-22-13-12-14-40(54)51(59)65-47(30(2)15-19-41(36)55)33(5)24-35-16-20-42(43(28-35)61-8)64-38-17-18-39-37(29-38)21-23-53(39)7/h17-18,21,23-25,29-30,32,34-36,40,42-48,56,60H,11-16,19-20,22,26-28H2,1-10H3. The fourth-order valence-corrected chi connectivity index (χ4v) is 10.9. The van der Waals surface area contributed by atoms with Gasteiger partial charge in [-0.15, -0.1) is 0 Å². The molecule has 14 nitrogen and oxygen atoms in total. The number of Topliss-reactive ketones (excluding diaryl/α,β-unsaturated/α-hetero) is 2. The lowest BCUT2D eigenvalue weighted by Gasteiger charge is -2.47. The van der Waals surface area contributed by atoms with Crippen molar-refractivity contribution in [3.05, 3.63) is 53.8 Å². The van der Waals surface area contributed by atoms with Crippen LogP contribution in [0.1, 0.15) is 112 Å². The Kier molecular flexibility index (Phi) is 17.5. The maximum atomic E-state index is 14.5. The fraction of sp³-hybridized carbons (Fsp3) is 0.692. The van der Waals surface area contributed by atoms with Crippen LogP contribution in [0.3, 0.4) is 0 Å². The van der Waals surface area contributed by atoms with E-state index in [4.69, 9.17) is 28.4 Å². The average molecular weight is 921 g/mol. The van der Waals surface area contributed by atoms with E-state index in [2.05, 4.69) is 28.8 Å². The molecular formula is C52H76N2O12. The van der Waals surface area contributed by atoms with Crippen LogP contribution in [0.4, 0.5) is 0 Å². The molecule has 1 saturated carbocycles. The van der Waals surface area contributed by atoms with E-state index < -0.39 is 77.8 Å². The topological polar surface area (TPSA) is 172 Å². The van der Waals surface area contributed by atoms with E-state index in [0.29, 0.717) is 37.7 Å². The molecule has 3 aliphatic heterocycles. The van der Waals surface area contributed by atoms with Gasteiger partial charge in [0.25, 0.3) is 11.7 Å². The maximum Gasteiger partial charge on any atom is 0.329 e. The third kappa shape index (κ3) is 11.3. The summed E-state index contributed by atoms with van der Waals surface area (Å²) in [6.07, 6.45) is 6.97. The molecule has 6 rings (SSSR count). The van der Waals surface area contributed by atoms with Crippen molar-refractivity contribution >= 4 is 34.3 Å². The lowest BCUT2D eigenvalue weighted by atomic mass is 9.81. The zero-order valence-corrected chi connectivity index (χ0v) is 40.9. The molecule has 14 heteroatoms. The number of fused-ring (bicyclic) bond motifs is 4. The molecule has 366 valence electrons. The maximum absolute atomic E-state index is 14.5. The van der Waals surface area contributed by atoms with Gasteiger partial charge >= 0.3 is 5.97 Å². The third-order valence-electron chi connectivity index (χ3n) is 15.2. The number of nitrogens with zero attached hydrogens (tertiary/aromatic N) is 2. The second-order valence-corrected chi connectivity index (χ2v) is 19.8. The van der Waals surface area contributed by atoms with Crippen LogP contribution in [0, 0.1) is 29.6 Å². The molecule has 1 aromatic carbocycles. The van der Waals surface area contributed by atoms with Crippen molar-refractivity contribution in [3.8, 4) is 5.75 Å². The van der Waals surface area contributed by atoms with Crippen LogP contribution in [-0.4, -0.2) is 126 Å². The molecule has 1 aliphatic carbocycles. The number of rotatable bonds is 8. The van der Waals surface area contributed by atoms with Crippen molar-refractivity contribution in [1.82, 2.24) is 9.47 Å². The summed E-state index contributed by atoms with van der Waals surface area (Å²) in [5.74, 6) is -6.46. The minimum absolute atomic E-state index is 0.0260. The predicted octanol–water partition coefficient (Wildman–Crippen LogP) is 7.05. The number of aliphatic hydroxyl groups excluding tert-OH is 1. The van der Waals surface area contributed by atoms with Gasteiger partial charge in [0.05, 0.1) is 24.4 Å². The van der Waals surface area contributed by atoms with Crippen LogP contribution in [0.5, 0.6) is 5.75 Å². The molecular weight excluding hydrogens is 845 g/mol. The number of piperidine rings is 1. The molecule has 2 bridgehead atoms. The molecule has 14 unspecified atom stereocenters. The zero-order valence-electron chi connectivity index (χ0n) is 40.9. The SMILES string of the molecule is CCC1C=C(C)C(O)C(C)CC(OC)C2OC(O)(C(=O)C(=O)N3CCCCC3C(=O)OC(C(C)=CC3CCC(Oc4ccc5c(ccn5C)c4)C(OC)C3)C(C)CCC1=O)C(C)CC2OC. The van der Waals surface area contributed by atoms with E-state index in [1.807, 2.05) is 60.0 Å². The number of hydrogen-bond donors (Lipinski definition) is 2. The Morgan fingerprint density at radius 2 is 1.61 bits per heavy atom. The molecule has 4 aliphatic rings. The highest BCUT2D eigenvalue weighted by Gasteiger charge is 2.56. The summed E-state index contributed by atoms with van der Waals surface area (Å²) in [5.41, 5.74) is 2.59. The molecule has 14 atom stereocenters. The predicted molar refractivity (Wildman–Crippen MR) is 249 cm³/mol. The van der Waals surface area contributed by atoms with Gasteiger partial charge in [-0.2, -0.15) is 0 Å². The quantitative estimate of drug-likeness (QED) is 0.157. The van der Waals surface area contributed by atoms with Gasteiger partial charge in [-0.25, -0.2) is 4.79 Å². The molecule has 2 aromatic rings. The lowest BCUT2D eigenvalue weighted by Crippen LogP contribution is -2.64. The Labute approximate surface area is 391 Å². The number of cyclic esters (lactones) is 1. The number of hydrogen-bond acceptors (Lipinski definition) is 12. The van der Waals surface area contributed by atoms with E-state index >= 15 is 0 Å². The summed E-state index contributed by atoms with van der Waals surface area (Å²) in [6, 6.07) is 7.09. The van der Waals surface area contributed by atoms with Crippen molar-refractivity contribution in [2.45, 2.75) is 167 Å². The van der Waals surface area contributed by atoms with Crippen LogP contribution in [0.2, 0.25) is 0 Å². The van der Waals surface area contributed by atoms with Gasteiger partial charge in [-0.3, -0.25) is 14.4 Å². The zero-order chi connectivity index (χ0) is 48.0. The first-order chi connectivity index (χ1) is 31.4. The van der Waals surface area contributed by atoms with Gasteiger partial charge in [-0.05, 0) is 131 Å². The highest BCUT2D eigenvalue weighted by Crippen LogP contribution is 2.40. The number of aryl methyl sites for hydroxylation is 1. The molecule has 1 aromatic heterocycles. The Hall–Kier alpha value is -3.92. The number of carbonyl (C=O) groups is 4. The van der Waals surface area contributed by atoms with Crippen molar-refractivity contribution in [2.75, 3.05) is 27.9 Å². The number of amides is 1. The Bertz CT molecular complexity index is 2080. The van der Waals surface area contributed by atoms with E-state index in [0.717, 1.165) is 35.1 Å². The normalized spacial score (nSPS) is 36.3. The van der Waals surface area contributed by atoms with Gasteiger partial charge in [-0.1, -0.05) is 39.8 Å². The number of allylic oxidation sites excluding steroid dienone is 2. The first-order valence-electron chi connectivity index (χ1n) is 24.3. The van der Waals surface area contributed by atoms with Gasteiger partial charge < -0.3 is 48.1 Å². The lowest BCUT2D eigenvalue weighted by molar-refractivity contribution is -0.302. The molecule has 3 fully saturated rings. The smallest absolute Gasteiger partial charge is 0.329 e. The summed E-state index contributed by atoms with van der Waals surface area (Å²) < 4.78 is 39.1. The first-order valence-corrected chi connectivity index (χ1v) is 24.3. The van der Waals surface area contributed by atoms with Gasteiger partial charge in [0.15, 0.2) is 0 Å². The monoisotopic (exact) mass is 921 g/mol. The van der Waals surface area contributed by atoms with Crippen molar-refractivity contribution in [3.63, 3.8) is 0 Å². The van der Waals surface area contributed by atoms with Gasteiger partial charge in [0, 0.05) is 70.3 Å². The van der Waals surface area contributed by atoms with Crippen LogP contribution < -0.4 is 4.74 Å². The van der Waals surface area contributed by atoms with Gasteiger partial charge in [0.2, 0.25) is 5.79 Å². The van der Waals surface area contributed by atoms with Gasteiger partial charge in [0.1, 0.15) is 35.9 Å². The van der Waals surface area contributed by atoms with Crippen LogP contribution in [0.15, 0.2) is 53.8 Å². The summed E-state index contributed by atoms with van der Waals surface area (Å²) in [6.45, 7) is 11.3. The largest absolute Gasteiger partial charge is 0.488 e. The molecule has 4 heterocycles. The Balaban J connectivity index is 1.29. The number of ketones is 2. The van der Waals surface area contributed by atoms with Crippen molar-refractivity contribution < 1.29 is 57.8 Å².